The van der Waals surface area contributed by atoms with Gasteiger partial charge in [0.1, 0.15) is 5.82 Å². The van der Waals surface area contributed by atoms with Gasteiger partial charge in [0.2, 0.25) is 0 Å². The maximum absolute atomic E-state index is 13.7. The van der Waals surface area contributed by atoms with Gasteiger partial charge in [-0.3, -0.25) is 4.90 Å². The average Bonchev–Trinajstić information content (AvgIpc) is 3.04. The average molecular weight is 286 g/mol. The van der Waals surface area contributed by atoms with Crippen molar-refractivity contribution in [1.82, 2.24) is 4.90 Å². The van der Waals surface area contributed by atoms with Crippen molar-refractivity contribution in [3.8, 4) is 0 Å². The molecule has 0 N–H and O–H groups in total. The van der Waals surface area contributed by atoms with Gasteiger partial charge >= 0.3 is 0 Å². The first kappa shape index (κ1) is 12.1. The summed E-state index contributed by atoms with van der Waals surface area (Å²) in [4.78, 5) is 2.40. The van der Waals surface area contributed by atoms with E-state index >= 15 is 0 Å². The van der Waals surface area contributed by atoms with Gasteiger partial charge in [-0.2, -0.15) is 0 Å². The summed E-state index contributed by atoms with van der Waals surface area (Å²) < 4.78 is 14.5. The Bertz CT molecular complexity index is 363. The fourth-order valence-corrected chi connectivity index (χ4v) is 2.32. The maximum atomic E-state index is 13.7. The highest BCUT2D eigenvalue weighted by Gasteiger charge is 2.28. The van der Waals surface area contributed by atoms with E-state index in [2.05, 4.69) is 27.8 Å². The van der Waals surface area contributed by atoms with Gasteiger partial charge in [0.05, 0.1) is 0 Å². The molecule has 0 radical (unpaired) electrons. The summed E-state index contributed by atoms with van der Waals surface area (Å²) in [6.07, 6.45) is 3.69. The minimum Gasteiger partial charge on any atom is -0.296 e. The van der Waals surface area contributed by atoms with Crippen LogP contribution in [0.1, 0.15) is 31.7 Å². The van der Waals surface area contributed by atoms with Gasteiger partial charge in [-0.15, -0.1) is 0 Å². The molecule has 0 heterocycles. The van der Waals surface area contributed by atoms with Crippen molar-refractivity contribution in [3.05, 3.63) is 34.1 Å². The fraction of sp³-hybridized carbons (Fsp3) is 0.538. The fourth-order valence-electron chi connectivity index (χ4n) is 1.99. The van der Waals surface area contributed by atoms with Crippen LogP contribution >= 0.6 is 15.9 Å². The molecule has 88 valence electrons. The molecular weight excluding hydrogens is 269 g/mol. The molecule has 1 aromatic carbocycles. The highest BCUT2D eigenvalue weighted by molar-refractivity contribution is 9.10. The molecule has 0 atom stereocenters. The third-order valence-electron chi connectivity index (χ3n) is 2.96. The number of halogens is 2. The minimum absolute atomic E-state index is 0.101. The van der Waals surface area contributed by atoms with Crippen molar-refractivity contribution in [2.75, 3.05) is 6.54 Å². The SMILES string of the molecule is CCCN(Cc1ccc(Br)cc1F)C1CC1. The van der Waals surface area contributed by atoms with Crippen molar-refractivity contribution < 1.29 is 4.39 Å². The second-order valence-corrected chi connectivity index (χ2v) is 5.35. The zero-order valence-corrected chi connectivity index (χ0v) is 11.1. The standard InChI is InChI=1S/C13H17BrFN/c1-2-7-16(12-5-6-12)9-10-3-4-11(14)8-13(10)15/h3-4,8,12H,2,5-7,9H2,1H3. The number of rotatable bonds is 5. The van der Waals surface area contributed by atoms with Gasteiger partial charge < -0.3 is 0 Å². The number of benzene rings is 1. The summed E-state index contributed by atoms with van der Waals surface area (Å²) in [5, 5.41) is 0. The quantitative estimate of drug-likeness (QED) is 0.792. The topological polar surface area (TPSA) is 3.24 Å². The van der Waals surface area contributed by atoms with Crippen molar-refractivity contribution in [2.45, 2.75) is 38.8 Å². The van der Waals surface area contributed by atoms with E-state index < -0.39 is 0 Å². The summed E-state index contributed by atoms with van der Waals surface area (Å²) >= 11 is 3.28. The first-order valence-electron chi connectivity index (χ1n) is 5.88. The second-order valence-electron chi connectivity index (χ2n) is 4.44. The second kappa shape index (κ2) is 5.28. The van der Waals surface area contributed by atoms with E-state index in [1.165, 1.54) is 12.8 Å². The highest BCUT2D eigenvalue weighted by Crippen LogP contribution is 2.29. The van der Waals surface area contributed by atoms with Crippen LogP contribution in [-0.4, -0.2) is 17.5 Å². The highest BCUT2D eigenvalue weighted by atomic mass is 79.9. The third kappa shape index (κ3) is 3.05. The predicted molar refractivity (Wildman–Crippen MR) is 67.8 cm³/mol. The monoisotopic (exact) mass is 285 g/mol. The lowest BCUT2D eigenvalue weighted by molar-refractivity contribution is 0.252. The van der Waals surface area contributed by atoms with Crippen molar-refractivity contribution in [3.63, 3.8) is 0 Å². The van der Waals surface area contributed by atoms with E-state index in [1.807, 2.05) is 12.1 Å². The van der Waals surface area contributed by atoms with Crippen LogP contribution in [0.4, 0.5) is 4.39 Å². The van der Waals surface area contributed by atoms with Crippen LogP contribution in [-0.2, 0) is 6.54 Å². The molecule has 1 saturated carbocycles. The predicted octanol–water partition coefficient (Wildman–Crippen LogP) is 3.96. The number of hydrogen-bond acceptors (Lipinski definition) is 1. The van der Waals surface area contributed by atoms with Crippen LogP contribution in [0.25, 0.3) is 0 Å². The Morgan fingerprint density at radius 1 is 1.44 bits per heavy atom. The molecule has 2 rings (SSSR count). The first-order valence-corrected chi connectivity index (χ1v) is 6.68. The Labute approximate surface area is 105 Å². The van der Waals surface area contributed by atoms with E-state index in [1.54, 1.807) is 6.07 Å². The molecule has 1 aromatic rings. The van der Waals surface area contributed by atoms with E-state index in [4.69, 9.17) is 0 Å². The number of nitrogens with zero attached hydrogens (tertiary/aromatic N) is 1. The van der Waals surface area contributed by atoms with Crippen molar-refractivity contribution in [1.29, 1.82) is 0 Å². The molecule has 1 nitrogen and oxygen atoms in total. The van der Waals surface area contributed by atoms with E-state index in [-0.39, 0.29) is 5.82 Å². The smallest absolute Gasteiger partial charge is 0.128 e. The molecule has 16 heavy (non-hydrogen) atoms. The molecule has 0 saturated heterocycles. The van der Waals surface area contributed by atoms with Gasteiger partial charge in [-0.25, -0.2) is 4.39 Å². The van der Waals surface area contributed by atoms with E-state index in [0.717, 1.165) is 29.5 Å². The van der Waals surface area contributed by atoms with Crippen LogP contribution in [0.2, 0.25) is 0 Å². The van der Waals surface area contributed by atoms with Crippen LogP contribution in [0.15, 0.2) is 22.7 Å². The Balaban J connectivity index is 2.05. The summed E-state index contributed by atoms with van der Waals surface area (Å²) in [7, 11) is 0. The van der Waals surface area contributed by atoms with Gasteiger partial charge in [0.25, 0.3) is 0 Å². The van der Waals surface area contributed by atoms with E-state index in [0.29, 0.717) is 6.04 Å². The van der Waals surface area contributed by atoms with Gasteiger partial charge in [-0.1, -0.05) is 28.9 Å². The Morgan fingerprint density at radius 2 is 2.19 bits per heavy atom. The van der Waals surface area contributed by atoms with Crippen LogP contribution in [0, 0.1) is 5.82 Å². The maximum Gasteiger partial charge on any atom is 0.128 e. The molecule has 0 aliphatic heterocycles. The molecule has 0 aromatic heterocycles. The molecule has 0 unspecified atom stereocenters. The molecule has 1 aliphatic carbocycles. The van der Waals surface area contributed by atoms with Crippen LogP contribution in [0.3, 0.4) is 0 Å². The molecule has 0 bridgehead atoms. The Hall–Kier alpha value is -0.410. The molecule has 1 aliphatic rings. The summed E-state index contributed by atoms with van der Waals surface area (Å²) in [6, 6.07) is 6.04. The summed E-state index contributed by atoms with van der Waals surface area (Å²) in [6.45, 7) is 3.99. The lowest BCUT2D eigenvalue weighted by atomic mass is 10.2. The molecular formula is C13H17BrFN. The Kier molecular flexibility index (Phi) is 3.98. The third-order valence-corrected chi connectivity index (χ3v) is 3.46. The summed E-state index contributed by atoms with van der Waals surface area (Å²) in [5.41, 5.74) is 0.809. The van der Waals surface area contributed by atoms with Crippen LogP contribution in [0.5, 0.6) is 0 Å². The Morgan fingerprint density at radius 3 is 2.75 bits per heavy atom. The van der Waals surface area contributed by atoms with E-state index in [9.17, 15) is 4.39 Å². The molecule has 0 amide bonds. The first-order chi connectivity index (χ1) is 7.70. The van der Waals surface area contributed by atoms with Crippen LogP contribution < -0.4 is 0 Å². The minimum atomic E-state index is -0.101. The lowest BCUT2D eigenvalue weighted by Crippen LogP contribution is -2.26. The number of hydrogen-bond donors (Lipinski definition) is 0. The largest absolute Gasteiger partial charge is 0.296 e. The molecule has 0 spiro atoms. The van der Waals surface area contributed by atoms with Crippen molar-refractivity contribution in [2.24, 2.45) is 0 Å². The summed E-state index contributed by atoms with van der Waals surface area (Å²) in [5.74, 6) is -0.101. The zero-order chi connectivity index (χ0) is 11.5. The molecule has 3 heteroatoms. The lowest BCUT2D eigenvalue weighted by Gasteiger charge is -2.21. The van der Waals surface area contributed by atoms with Crippen molar-refractivity contribution >= 4 is 15.9 Å². The normalized spacial score (nSPS) is 15.8. The zero-order valence-electron chi connectivity index (χ0n) is 9.55. The van der Waals surface area contributed by atoms with Gasteiger partial charge in [0.15, 0.2) is 0 Å². The molecule has 1 fully saturated rings. The van der Waals surface area contributed by atoms with Gasteiger partial charge in [-0.05, 0) is 37.9 Å². The van der Waals surface area contributed by atoms with Gasteiger partial charge in [0, 0.05) is 22.6 Å².